The van der Waals surface area contributed by atoms with E-state index in [2.05, 4.69) is 15.4 Å². The van der Waals surface area contributed by atoms with E-state index in [4.69, 9.17) is 0 Å². The van der Waals surface area contributed by atoms with Crippen LogP contribution in [0.5, 0.6) is 5.75 Å². The van der Waals surface area contributed by atoms with Gasteiger partial charge in [0.2, 0.25) is 0 Å². The summed E-state index contributed by atoms with van der Waals surface area (Å²) in [5.41, 5.74) is 3.13. The first-order valence-electron chi connectivity index (χ1n) is 8.24. The third-order valence-electron chi connectivity index (χ3n) is 3.94. The number of hydrogen-bond donors (Lipinski definition) is 3. The van der Waals surface area contributed by atoms with Gasteiger partial charge in [-0.2, -0.15) is 0 Å². The van der Waals surface area contributed by atoms with Gasteiger partial charge in [0, 0.05) is 25.7 Å². The molecule has 2 heterocycles. The van der Waals surface area contributed by atoms with Gasteiger partial charge in [0.05, 0.1) is 0 Å². The van der Waals surface area contributed by atoms with E-state index >= 15 is 0 Å². The highest BCUT2D eigenvalue weighted by molar-refractivity contribution is 6.08. The second-order valence-corrected chi connectivity index (χ2v) is 6.34. The lowest BCUT2D eigenvalue weighted by molar-refractivity contribution is 0.0687. The molecule has 9 heteroatoms. The van der Waals surface area contributed by atoms with Crippen molar-refractivity contribution in [2.75, 3.05) is 14.1 Å². The fourth-order valence-corrected chi connectivity index (χ4v) is 2.73. The average molecular weight is 384 g/mol. The summed E-state index contributed by atoms with van der Waals surface area (Å²) in [6, 6.07) is 7.54. The SMILES string of the molecule is CN(C)NC(=O)c1nc(C(=O)O)c(O)c2ncc(Cc3ccc(F)cc3)cc12. The fraction of sp³-hybridized carbons (Fsp3) is 0.158. The molecule has 3 rings (SSSR count). The van der Waals surface area contributed by atoms with Crippen molar-refractivity contribution >= 4 is 22.8 Å². The Balaban J connectivity index is 2.13. The first-order valence-corrected chi connectivity index (χ1v) is 8.24. The summed E-state index contributed by atoms with van der Waals surface area (Å²) in [5.74, 6) is -3.08. The van der Waals surface area contributed by atoms with Crippen LogP contribution in [0.25, 0.3) is 10.9 Å². The van der Waals surface area contributed by atoms with E-state index in [-0.39, 0.29) is 22.4 Å². The topological polar surface area (TPSA) is 116 Å². The van der Waals surface area contributed by atoms with E-state index in [0.29, 0.717) is 12.0 Å². The molecule has 0 saturated carbocycles. The second kappa shape index (κ2) is 7.57. The molecule has 0 radical (unpaired) electrons. The van der Waals surface area contributed by atoms with Crippen molar-refractivity contribution in [1.82, 2.24) is 20.4 Å². The van der Waals surface area contributed by atoms with Crippen molar-refractivity contribution in [3.63, 3.8) is 0 Å². The van der Waals surface area contributed by atoms with Crippen LogP contribution in [0.2, 0.25) is 0 Å². The highest BCUT2D eigenvalue weighted by Crippen LogP contribution is 2.29. The average Bonchev–Trinajstić information content (AvgIpc) is 2.63. The van der Waals surface area contributed by atoms with Crippen LogP contribution in [-0.2, 0) is 6.42 Å². The number of carboxylic acid groups (broad SMARTS) is 1. The standard InChI is InChI=1S/C19H17FN4O4/c1-24(2)23-18(26)15-13-8-11(7-10-3-5-12(20)6-4-10)9-21-14(13)17(25)16(22-15)19(27)28/h3-6,8-9,25H,7H2,1-2H3,(H,23,26)(H,27,28). The second-order valence-electron chi connectivity index (χ2n) is 6.34. The minimum Gasteiger partial charge on any atom is -0.504 e. The number of carbonyl (C=O) groups is 2. The van der Waals surface area contributed by atoms with Gasteiger partial charge in [-0.1, -0.05) is 12.1 Å². The number of aromatic nitrogens is 2. The molecule has 0 aliphatic carbocycles. The van der Waals surface area contributed by atoms with E-state index in [1.165, 1.54) is 23.3 Å². The molecule has 0 aliphatic heterocycles. The van der Waals surface area contributed by atoms with Crippen molar-refractivity contribution in [3.8, 4) is 5.75 Å². The number of fused-ring (bicyclic) bond motifs is 1. The van der Waals surface area contributed by atoms with Gasteiger partial charge in [-0.25, -0.2) is 19.2 Å². The van der Waals surface area contributed by atoms with Crippen molar-refractivity contribution in [2.45, 2.75) is 6.42 Å². The molecule has 0 aliphatic rings. The number of hydrogen-bond acceptors (Lipinski definition) is 6. The molecule has 144 valence electrons. The largest absolute Gasteiger partial charge is 0.504 e. The molecule has 3 aromatic rings. The van der Waals surface area contributed by atoms with E-state index in [1.54, 1.807) is 32.3 Å². The molecule has 1 amide bonds. The highest BCUT2D eigenvalue weighted by Gasteiger charge is 2.23. The summed E-state index contributed by atoms with van der Waals surface area (Å²) in [7, 11) is 3.19. The lowest BCUT2D eigenvalue weighted by Crippen LogP contribution is -2.37. The summed E-state index contributed by atoms with van der Waals surface area (Å²) in [6.07, 6.45) is 1.87. The maximum atomic E-state index is 13.1. The van der Waals surface area contributed by atoms with Crippen LogP contribution in [0.1, 0.15) is 32.1 Å². The molecular formula is C19H17FN4O4. The van der Waals surface area contributed by atoms with E-state index in [1.807, 2.05) is 0 Å². The Bertz CT molecular complexity index is 1070. The quantitative estimate of drug-likeness (QED) is 0.576. The number of aromatic hydroxyl groups is 1. The molecule has 0 spiro atoms. The Kier molecular flexibility index (Phi) is 5.18. The molecule has 0 atom stereocenters. The number of nitrogens with zero attached hydrogens (tertiary/aromatic N) is 3. The van der Waals surface area contributed by atoms with Crippen LogP contribution in [0.3, 0.4) is 0 Å². The predicted octanol–water partition coefficient (Wildman–Crippen LogP) is 1.97. The number of amides is 1. The number of nitrogens with one attached hydrogen (secondary N) is 1. The zero-order valence-corrected chi connectivity index (χ0v) is 15.1. The zero-order valence-electron chi connectivity index (χ0n) is 15.1. The maximum absolute atomic E-state index is 13.1. The minimum atomic E-state index is -1.48. The number of hydrazine groups is 1. The van der Waals surface area contributed by atoms with Gasteiger partial charge >= 0.3 is 5.97 Å². The van der Waals surface area contributed by atoms with Crippen molar-refractivity contribution in [3.05, 3.63) is 64.9 Å². The van der Waals surface area contributed by atoms with Gasteiger partial charge in [0.15, 0.2) is 11.4 Å². The Morgan fingerprint density at radius 2 is 1.82 bits per heavy atom. The highest BCUT2D eigenvalue weighted by atomic mass is 19.1. The monoisotopic (exact) mass is 384 g/mol. The fourth-order valence-electron chi connectivity index (χ4n) is 2.73. The van der Waals surface area contributed by atoms with Crippen LogP contribution in [0.4, 0.5) is 4.39 Å². The Labute approximate surface area is 159 Å². The summed E-state index contributed by atoms with van der Waals surface area (Å²) in [6.45, 7) is 0. The molecule has 3 N–H and O–H groups in total. The molecule has 2 aromatic heterocycles. The third-order valence-corrected chi connectivity index (χ3v) is 3.94. The molecule has 0 fully saturated rings. The summed E-state index contributed by atoms with van der Waals surface area (Å²) < 4.78 is 13.1. The number of rotatable bonds is 5. The molecule has 0 unspecified atom stereocenters. The first-order chi connectivity index (χ1) is 13.3. The van der Waals surface area contributed by atoms with Crippen LogP contribution in [0, 0.1) is 5.82 Å². The number of aromatic carboxylic acids is 1. The summed E-state index contributed by atoms with van der Waals surface area (Å²) in [5, 5.41) is 21.1. The Hall–Kier alpha value is -3.59. The lowest BCUT2D eigenvalue weighted by Gasteiger charge is -2.14. The number of halogens is 1. The molecule has 1 aromatic carbocycles. The summed E-state index contributed by atoms with van der Waals surface area (Å²) >= 11 is 0. The van der Waals surface area contributed by atoms with Crippen LogP contribution >= 0.6 is 0 Å². The lowest BCUT2D eigenvalue weighted by atomic mass is 10.0. The van der Waals surface area contributed by atoms with Crippen molar-refractivity contribution in [1.29, 1.82) is 0 Å². The van der Waals surface area contributed by atoms with Gasteiger partial charge in [0.1, 0.15) is 17.0 Å². The van der Waals surface area contributed by atoms with Gasteiger partial charge in [-0.05, 0) is 35.7 Å². The number of carboxylic acids is 1. The van der Waals surface area contributed by atoms with Gasteiger partial charge < -0.3 is 10.2 Å². The maximum Gasteiger partial charge on any atom is 0.358 e. The predicted molar refractivity (Wildman–Crippen MR) is 98.5 cm³/mol. The van der Waals surface area contributed by atoms with Gasteiger partial charge in [-0.15, -0.1) is 0 Å². The van der Waals surface area contributed by atoms with E-state index in [0.717, 1.165) is 5.56 Å². The molecule has 0 bridgehead atoms. The van der Waals surface area contributed by atoms with Crippen LogP contribution in [0.15, 0.2) is 36.5 Å². The number of benzene rings is 1. The zero-order chi connectivity index (χ0) is 20.4. The molecular weight excluding hydrogens is 367 g/mol. The number of carbonyl (C=O) groups excluding carboxylic acids is 1. The van der Waals surface area contributed by atoms with Crippen molar-refractivity contribution in [2.24, 2.45) is 0 Å². The molecule has 28 heavy (non-hydrogen) atoms. The third kappa shape index (κ3) is 3.89. The van der Waals surface area contributed by atoms with Gasteiger partial charge in [-0.3, -0.25) is 15.2 Å². The molecule has 0 saturated heterocycles. The van der Waals surface area contributed by atoms with E-state index in [9.17, 15) is 24.2 Å². The molecule has 8 nitrogen and oxygen atoms in total. The van der Waals surface area contributed by atoms with Crippen LogP contribution < -0.4 is 5.43 Å². The normalized spacial score (nSPS) is 11.0. The van der Waals surface area contributed by atoms with E-state index < -0.39 is 23.3 Å². The smallest absolute Gasteiger partial charge is 0.358 e. The van der Waals surface area contributed by atoms with Crippen molar-refractivity contribution < 1.29 is 24.2 Å². The summed E-state index contributed by atoms with van der Waals surface area (Å²) in [4.78, 5) is 31.9. The Morgan fingerprint density at radius 3 is 2.43 bits per heavy atom. The van der Waals surface area contributed by atoms with Crippen LogP contribution in [-0.4, -0.2) is 51.2 Å². The minimum absolute atomic E-state index is 0.0424. The number of pyridine rings is 2. The van der Waals surface area contributed by atoms with Gasteiger partial charge in [0.25, 0.3) is 5.91 Å². The Morgan fingerprint density at radius 1 is 1.14 bits per heavy atom. The first kappa shape index (κ1) is 19.2.